The van der Waals surface area contributed by atoms with E-state index in [-0.39, 0.29) is 5.97 Å². The third-order valence-corrected chi connectivity index (χ3v) is 2.98. The van der Waals surface area contributed by atoms with E-state index >= 15 is 0 Å². The molecule has 0 spiro atoms. The van der Waals surface area contributed by atoms with Crippen LogP contribution in [0.25, 0.3) is 0 Å². The van der Waals surface area contributed by atoms with Gasteiger partial charge >= 0.3 is 5.97 Å². The summed E-state index contributed by atoms with van der Waals surface area (Å²) >= 11 is 2.12. The molecular weight excluding hydrogens is 325 g/mol. The number of carbonyl (C=O) groups is 1. The van der Waals surface area contributed by atoms with Gasteiger partial charge in [-0.25, -0.2) is 0 Å². The van der Waals surface area contributed by atoms with Gasteiger partial charge in [0, 0.05) is 27.8 Å². The van der Waals surface area contributed by atoms with Gasteiger partial charge in [-0.3, -0.25) is 9.52 Å². The smallest absolute Gasteiger partial charge is 0.307 e. The number of hydrogen-bond acceptors (Lipinski definition) is 4. The minimum atomic E-state index is -0.170. The number of rotatable bonds is 6. The van der Waals surface area contributed by atoms with E-state index in [1.807, 2.05) is 30.3 Å². The van der Waals surface area contributed by atoms with Crippen LogP contribution in [0.4, 0.5) is 0 Å². The van der Waals surface area contributed by atoms with E-state index in [4.69, 9.17) is 4.74 Å². The van der Waals surface area contributed by atoms with Gasteiger partial charge in [-0.05, 0) is 14.7 Å². The van der Waals surface area contributed by atoms with E-state index in [0.717, 1.165) is 5.56 Å². The van der Waals surface area contributed by atoms with E-state index in [1.54, 1.807) is 0 Å². The topological polar surface area (TPSA) is 38.3 Å². The predicted octanol–water partition coefficient (Wildman–Crippen LogP) is 2.71. The first kappa shape index (κ1) is 12.8. The van der Waals surface area contributed by atoms with Crippen molar-refractivity contribution in [1.82, 2.24) is 4.72 Å². The first-order valence-corrected chi connectivity index (χ1v) is 7.89. The predicted molar refractivity (Wildman–Crippen MR) is 70.5 cm³/mol. The van der Waals surface area contributed by atoms with E-state index in [0.29, 0.717) is 19.6 Å². The fraction of sp³-hybridized carbons (Fsp3) is 0.300. The SMILES string of the molecule is O=C(CCNSI)OCc1ccccc1. The molecule has 0 radical (unpaired) electrons. The molecule has 82 valence electrons. The average molecular weight is 337 g/mol. The summed E-state index contributed by atoms with van der Waals surface area (Å²) in [6.07, 6.45) is 0.406. The number of benzene rings is 1. The van der Waals surface area contributed by atoms with Crippen LogP contribution in [-0.2, 0) is 16.1 Å². The highest BCUT2D eigenvalue weighted by Crippen LogP contribution is 2.04. The maximum absolute atomic E-state index is 11.2. The maximum atomic E-state index is 11.2. The molecule has 0 atom stereocenters. The molecule has 0 fully saturated rings. The quantitative estimate of drug-likeness (QED) is 0.375. The number of nitrogens with one attached hydrogen (secondary N) is 1. The van der Waals surface area contributed by atoms with Crippen LogP contribution in [0.2, 0.25) is 0 Å². The Bertz CT molecular complexity index is 295. The molecule has 0 saturated carbocycles. The number of halogens is 1. The van der Waals surface area contributed by atoms with Crippen molar-refractivity contribution >= 4 is 36.3 Å². The molecule has 0 aromatic heterocycles. The Kier molecular flexibility index (Phi) is 6.78. The van der Waals surface area contributed by atoms with Gasteiger partial charge in [-0.1, -0.05) is 30.3 Å². The minimum Gasteiger partial charge on any atom is -0.461 e. The summed E-state index contributed by atoms with van der Waals surface area (Å²) in [7, 11) is 1.47. The van der Waals surface area contributed by atoms with Crippen LogP contribution < -0.4 is 4.72 Å². The van der Waals surface area contributed by atoms with Crippen molar-refractivity contribution in [3.05, 3.63) is 35.9 Å². The summed E-state index contributed by atoms with van der Waals surface area (Å²) in [6.45, 7) is 0.998. The van der Waals surface area contributed by atoms with Crippen molar-refractivity contribution in [1.29, 1.82) is 0 Å². The largest absolute Gasteiger partial charge is 0.461 e. The molecule has 1 rings (SSSR count). The van der Waals surface area contributed by atoms with Crippen molar-refractivity contribution in [2.45, 2.75) is 13.0 Å². The zero-order valence-electron chi connectivity index (χ0n) is 8.11. The van der Waals surface area contributed by atoms with Crippen molar-refractivity contribution in [3.63, 3.8) is 0 Å². The number of esters is 1. The highest BCUT2D eigenvalue weighted by atomic mass is 127. The van der Waals surface area contributed by atoms with Crippen LogP contribution >= 0.6 is 30.3 Å². The molecule has 1 aromatic carbocycles. The van der Waals surface area contributed by atoms with Crippen LogP contribution in [0.15, 0.2) is 30.3 Å². The van der Waals surface area contributed by atoms with Crippen LogP contribution in [0.3, 0.4) is 0 Å². The fourth-order valence-corrected chi connectivity index (χ4v) is 1.84. The fourth-order valence-electron chi connectivity index (χ4n) is 1.00. The zero-order chi connectivity index (χ0) is 10.9. The van der Waals surface area contributed by atoms with Crippen LogP contribution in [0, 0.1) is 0 Å². The standard InChI is InChI=1S/C10H12INO2S/c11-15-12-7-6-10(13)14-8-9-4-2-1-3-5-9/h1-5,12H,6-8H2. The molecule has 0 heterocycles. The van der Waals surface area contributed by atoms with Crippen molar-refractivity contribution in [3.8, 4) is 0 Å². The molecule has 0 aliphatic carbocycles. The van der Waals surface area contributed by atoms with Gasteiger partial charge in [0.15, 0.2) is 0 Å². The van der Waals surface area contributed by atoms with E-state index in [2.05, 4.69) is 25.9 Å². The van der Waals surface area contributed by atoms with Crippen molar-refractivity contribution in [2.24, 2.45) is 0 Å². The lowest BCUT2D eigenvalue weighted by molar-refractivity contribution is -0.144. The summed E-state index contributed by atoms with van der Waals surface area (Å²) in [4.78, 5) is 11.2. The summed E-state index contributed by atoms with van der Waals surface area (Å²) in [5.41, 5.74) is 1.02. The minimum absolute atomic E-state index is 0.170. The van der Waals surface area contributed by atoms with Crippen LogP contribution in [-0.4, -0.2) is 12.5 Å². The van der Waals surface area contributed by atoms with Crippen molar-refractivity contribution in [2.75, 3.05) is 6.54 Å². The Hall–Kier alpha value is -0.270. The number of ether oxygens (including phenoxy) is 1. The highest BCUT2D eigenvalue weighted by molar-refractivity contribution is 14.2. The molecule has 3 nitrogen and oxygen atoms in total. The van der Waals surface area contributed by atoms with Gasteiger partial charge < -0.3 is 4.74 Å². The molecule has 0 bridgehead atoms. The lowest BCUT2D eigenvalue weighted by atomic mass is 10.2. The summed E-state index contributed by atoms with van der Waals surface area (Å²) in [5.74, 6) is -0.170. The second-order valence-electron chi connectivity index (χ2n) is 2.87. The second-order valence-corrected chi connectivity index (χ2v) is 4.63. The molecular formula is C10H12INO2S. The van der Waals surface area contributed by atoms with Crippen LogP contribution in [0.5, 0.6) is 0 Å². The molecule has 0 unspecified atom stereocenters. The Morgan fingerprint density at radius 2 is 2.13 bits per heavy atom. The first-order valence-electron chi connectivity index (χ1n) is 4.53. The Morgan fingerprint density at radius 1 is 1.40 bits per heavy atom. The molecule has 1 aromatic rings. The monoisotopic (exact) mass is 337 g/mol. The van der Waals surface area contributed by atoms with E-state index < -0.39 is 0 Å². The summed E-state index contributed by atoms with van der Waals surface area (Å²) < 4.78 is 8.06. The Labute approximate surface area is 106 Å². The first-order chi connectivity index (χ1) is 7.33. The van der Waals surface area contributed by atoms with Gasteiger partial charge in [0.1, 0.15) is 6.61 Å². The molecule has 1 N–H and O–H groups in total. The second kappa shape index (κ2) is 7.95. The molecule has 0 saturated heterocycles. The highest BCUT2D eigenvalue weighted by Gasteiger charge is 2.02. The lowest BCUT2D eigenvalue weighted by Crippen LogP contribution is -2.12. The van der Waals surface area contributed by atoms with Gasteiger partial charge in [-0.15, -0.1) is 0 Å². The number of carbonyl (C=O) groups excluding carboxylic acids is 1. The van der Waals surface area contributed by atoms with E-state index in [1.165, 1.54) is 9.12 Å². The normalized spacial score (nSPS) is 9.93. The van der Waals surface area contributed by atoms with Gasteiger partial charge in [0.05, 0.1) is 6.42 Å². The zero-order valence-corrected chi connectivity index (χ0v) is 11.1. The molecule has 5 heteroatoms. The van der Waals surface area contributed by atoms with Gasteiger partial charge in [0.25, 0.3) is 0 Å². The van der Waals surface area contributed by atoms with E-state index in [9.17, 15) is 4.79 Å². The summed E-state index contributed by atoms with van der Waals surface area (Å²) in [5, 5.41) is 0. The Morgan fingerprint density at radius 3 is 2.80 bits per heavy atom. The summed E-state index contributed by atoms with van der Waals surface area (Å²) in [6, 6.07) is 9.67. The molecule has 0 amide bonds. The number of hydrogen-bond donors (Lipinski definition) is 1. The molecule has 0 aliphatic heterocycles. The van der Waals surface area contributed by atoms with Gasteiger partial charge in [-0.2, -0.15) is 0 Å². The molecule has 0 aliphatic rings. The van der Waals surface area contributed by atoms with Crippen molar-refractivity contribution < 1.29 is 9.53 Å². The average Bonchev–Trinajstić information content (AvgIpc) is 2.28. The third-order valence-electron chi connectivity index (χ3n) is 1.73. The Balaban J connectivity index is 2.17. The van der Waals surface area contributed by atoms with Gasteiger partial charge in [0.2, 0.25) is 0 Å². The third kappa shape index (κ3) is 6.01. The van der Waals surface area contributed by atoms with Crippen LogP contribution in [0.1, 0.15) is 12.0 Å². The maximum Gasteiger partial charge on any atom is 0.307 e. The lowest BCUT2D eigenvalue weighted by Gasteiger charge is -2.04. The molecule has 15 heavy (non-hydrogen) atoms.